The maximum atomic E-state index is 13.6. The van der Waals surface area contributed by atoms with Crippen LogP contribution in [0.4, 0.5) is 8.78 Å². The van der Waals surface area contributed by atoms with Gasteiger partial charge in [0, 0.05) is 16.5 Å². The first kappa shape index (κ1) is 14.0. The number of hydrogen-bond donors (Lipinski definition) is 1. The summed E-state index contributed by atoms with van der Waals surface area (Å²) in [6, 6.07) is 10.7. The summed E-state index contributed by atoms with van der Waals surface area (Å²) < 4.78 is 27.2. The number of hydrogen-bond acceptors (Lipinski definition) is 1. The Kier molecular flexibility index (Phi) is 4.51. The molecule has 0 heterocycles. The molecule has 0 aliphatic carbocycles. The molecule has 19 heavy (non-hydrogen) atoms. The SMILES string of the molecule is OCC(Cc1c(F)cccc1F)c1cccc(Cl)c1. The Morgan fingerprint density at radius 2 is 1.68 bits per heavy atom. The first-order chi connectivity index (χ1) is 9.11. The van der Waals surface area contributed by atoms with Crippen molar-refractivity contribution < 1.29 is 13.9 Å². The zero-order chi connectivity index (χ0) is 13.8. The third-order valence-electron chi connectivity index (χ3n) is 3.05. The molecule has 2 aromatic rings. The van der Waals surface area contributed by atoms with Gasteiger partial charge in [0.2, 0.25) is 0 Å². The van der Waals surface area contributed by atoms with Crippen molar-refractivity contribution in [2.75, 3.05) is 6.61 Å². The number of rotatable bonds is 4. The van der Waals surface area contributed by atoms with E-state index in [0.29, 0.717) is 5.02 Å². The van der Waals surface area contributed by atoms with E-state index in [1.54, 1.807) is 24.3 Å². The minimum atomic E-state index is -0.597. The second kappa shape index (κ2) is 6.13. The molecule has 0 aliphatic rings. The molecule has 1 unspecified atom stereocenters. The number of halogens is 3. The van der Waals surface area contributed by atoms with Gasteiger partial charge in [-0.3, -0.25) is 0 Å². The molecule has 0 saturated carbocycles. The fraction of sp³-hybridized carbons (Fsp3) is 0.200. The lowest BCUT2D eigenvalue weighted by atomic mass is 9.92. The number of benzene rings is 2. The molecule has 0 fully saturated rings. The molecule has 0 spiro atoms. The summed E-state index contributed by atoms with van der Waals surface area (Å²) in [5, 5.41) is 9.96. The van der Waals surface area contributed by atoms with Gasteiger partial charge in [0.05, 0.1) is 6.61 Å². The molecular weight excluding hydrogens is 270 g/mol. The van der Waals surface area contributed by atoms with Crippen LogP contribution in [-0.4, -0.2) is 11.7 Å². The van der Waals surface area contributed by atoms with Crippen LogP contribution in [0.25, 0.3) is 0 Å². The highest BCUT2D eigenvalue weighted by atomic mass is 35.5. The van der Waals surface area contributed by atoms with Gasteiger partial charge in [0.25, 0.3) is 0 Å². The Balaban J connectivity index is 2.29. The van der Waals surface area contributed by atoms with E-state index in [9.17, 15) is 13.9 Å². The lowest BCUT2D eigenvalue weighted by molar-refractivity contribution is 0.263. The van der Waals surface area contributed by atoms with Crippen molar-refractivity contribution in [3.8, 4) is 0 Å². The van der Waals surface area contributed by atoms with Crippen LogP contribution in [0.5, 0.6) is 0 Å². The predicted octanol–water partition coefficient (Wildman–Crippen LogP) is 3.94. The summed E-state index contributed by atoms with van der Waals surface area (Å²) in [7, 11) is 0. The maximum absolute atomic E-state index is 13.6. The van der Waals surface area contributed by atoms with Gasteiger partial charge in [-0.2, -0.15) is 0 Å². The van der Waals surface area contributed by atoms with Crippen molar-refractivity contribution in [1.29, 1.82) is 0 Å². The molecule has 100 valence electrons. The average Bonchev–Trinajstić information content (AvgIpc) is 2.38. The van der Waals surface area contributed by atoms with Crippen LogP contribution in [0.15, 0.2) is 42.5 Å². The molecule has 1 N–H and O–H groups in total. The highest BCUT2D eigenvalue weighted by molar-refractivity contribution is 6.30. The molecule has 1 atom stereocenters. The topological polar surface area (TPSA) is 20.2 Å². The summed E-state index contributed by atoms with van der Waals surface area (Å²) >= 11 is 5.88. The van der Waals surface area contributed by atoms with E-state index in [1.165, 1.54) is 18.2 Å². The van der Waals surface area contributed by atoms with Gasteiger partial charge in [0.15, 0.2) is 0 Å². The van der Waals surface area contributed by atoms with Crippen molar-refractivity contribution in [2.24, 2.45) is 0 Å². The van der Waals surface area contributed by atoms with Crippen LogP contribution in [0.1, 0.15) is 17.0 Å². The minimum absolute atomic E-state index is 0.0125. The Hall–Kier alpha value is -1.45. The molecule has 0 amide bonds. The Morgan fingerprint density at radius 3 is 2.26 bits per heavy atom. The van der Waals surface area contributed by atoms with Crippen LogP contribution >= 0.6 is 11.6 Å². The summed E-state index contributed by atoms with van der Waals surface area (Å²) in [4.78, 5) is 0. The van der Waals surface area contributed by atoms with Crippen molar-refractivity contribution in [3.63, 3.8) is 0 Å². The quantitative estimate of drug-likeness (QED) is 0.901. The number of aliphatic hydroxyl groups is 1. The molecule has 0 bridgehead atoms. The van der Waals surface area contributed by atoms with Gasteiger partial charge < -0.3 is 5.11 Å². The highest BCUT2D eigenvalue weighted by Gasteiger charge is 2.17. The monoisotopic (exact) mass is 282 g/mol. The lowest BCUT2D eigenvalue weighted by Gasteiger charge is -2.16. The Bertz CT molecular complexity index is 552. The van der Waals surface area contributed by atoms with Crippen LogP contribution in [-0.2, 0) is 6.42 Å². The summed E-state index contributed by atoms with van der Waals surface area (Å²) in [5.74, 6) is -1.58. The second-order valence-corrected chi connectivity index (χ2v) is 4.78. The Morgan fingerprint density at radius 1 is 1.05 bits per heavy atom. The maximum Gasteiger partial charge on any atom is 0.129 e. The molecule has 0 radical (unpaired) electrons. The number of aliphatic hydroxyl groups excluding tert-OH is 1. The van der Waals surface area contributed by atoms with Crippen LogP contribution in [0.3, 0.4) is 0 Å². The average molecular weight is 283 g/mol. The molecule has 1 nitrogen and oxygen atoms in total. The van der Waals surface area contributed by atoms with E-state index >= 15 is 0 Å². The van der Waals surface area contributed by atoms with E-state index in [4.69, 9.17) is 11.6 Å². The van der Waals surface area contributed by atoms with E-state index in [1.807, 2.05) is 0 Å². The molecule has 4 heteroatoms. The molecule has 0 aliphatic heterocycles. The normalized spacial score (nSPS) is 12.4. The van der Waals surface area contributed by atoms with Crippen molar-refractivity contribution in [3.05, 3.63) is 70.2 Å². The van der Waals surface area contributed by atoms with Gasteiger partial charge in [-0.1, -0.05) is 29.8 Å². The standard InChI is InChI=1S/C15H13ClF2O/c16-12-4-1-3-10(7-12)11(9-19)8-13-14(17)5-2-6-15(13)18/h1-7,11,19H,8-9H2. The van der Waals surface area contributed by atoms with Gasteiger partial charge in [-0.05, 0) is 36.2 Å². The van der Waals surface area contributed by atoms with Crippen molar-refractivity contribution >= 4 is 11.6 Å². The lowest BCUT2D eigenvalue weighted by Crippen LogP contribution is -2.10. The third kappa shape index (κ3) is 3.31. The zero-order valence-electron chi connectivity index (χ0n) is 10.1. The Labute approximate surface area is 115 Å². The van der Waals surface area contributed by atoms with Gasteiger partial charge >= 0.3 is 0 Å². The van der Waals surface area contributed by atoms with E-state index < -0.39 is 11.6 Å². The molecule has 0 aromatic heterocycles. The fourth-order valence-corrected chi connectivity index (χ4v) is 2.22. The van der Waals surface area contributed by atoms with E-state index in [-0.39, 0.29) is 24.5 Å². The molecule has 0 saturated heterocycles. The van der Waals surface area contributed by atoms with Gasteiger partial charge in [0.1, 0.15) is 11.6 Å². The van der Waals surface area contributed by atoms with Crippen molar-refractivity contribution in [2.45, 2.75) is 12.3 Å². The zero-order valence-corrected chi connectivity index (χ0v) is 10.9. The van der Waals surface area contributed by atoms with Crippen LogP contribution in [0.2, 0.25) is 5.02 Å². The van der Waals surface area contributed by atoms with Gasteiger partial charge in [-0.15, -0.1) is 0 Å². The molecular formula is C15H13ClF2O. The minimum Gasteiger partial charge on any atom is -0.396 e. The first-order valence-electron chi connectivity index (χ1n) is 5.91. The highest BCUT2D eigenvalue weighted by Crippen LogP contribution is 2.25. The molecule has 2 aromatic carbocycles. The molecule has 2 rings (SSSR count). The van der Waals surface area contributed by atoms with Gasteiger partial charge in [-0.25, -0.2) is 8.78 Å². The van der Waals surface area contributed by atoms with Crippen molar-refractivity contribution in [1.82, 2.24) is 0 Å². The summed E-state index contributed by atoms with van der Waals surface area (Å²) in [6.07, 6.45) is 0.0926. The van der Waals surface area contributed by atoms with Crippen LogP contribution in [0, 0.1) is 11.6 Å². The first-order valence-corrected chi connectivity index (χ1v) is 6.29. The largest absolute Gasteiger partial charge is 0.396 e. The van der Waals surface area contributed by atoms with E-state index in [0.717, 1.165) is 5.56 Å². The summed E-state index contributed by atoms with van der Waals surface area (Å²) in [6.45, 7) is -0.200. The predicted molar refractivity (Wildman–Crippen MR) is 71.3 cm³/mol. The third-order valence-corrected chi connectivity index (χ3v) is 3.29. The smallest absolute Gasteiger partial charge is 0.129 e. The second-order valence-electron chi connectivity index (χ2n) is 4.34. The van der Waals surface area contributed by atoms with E-state index in [2.05, 4.69) is 0 Å². The fourth-order valence-electron chi connectivity index (χ4n) is 2.02. The van der Waals surface area contributed by atoms with Crippen LogP contribution < -0.4 is 0 Å². The summed E-state index contributed by atoms with van der Waals surface area (Å²) in [5.41, 5.74) is 0.749.